The van der Waals surface area contributed by atoms with Crippen LogP contribution in [0.2, 0.25) is 0 Å². The standard InChI is InChI=1S/C17H25N3O.ClH/c1-14-12-18-10-11-20(14)13-16(21)19-17(8-5-9-17)15-6-3-2-4-7-15;/h2-4,6-7,14,18H,5,8-13H2,1H3,(H,19,21);1H/t14-;/m0./s1. The summed E-state index contributed by atoms with van der Waals surface area (Å²) in [5, 5.41) is 6.67. The maximum absolute atomic E-state index is 12.5. The van der Waals surface area contributed by atoms with Crippen molar-refractivity contribution in [1.29, 1.82) is 0 Å². The number of nitrogens with zero attached hydrogens (tertiary/aromatic N) is 1. The maximum Gasteiger partial charge on any atom is 0.234 e. The highest BCUT2D eigenvalue weighted by Gasteiger charge is 2.40. The lowest BCUT2D eigenvalue weighted by atomic mass is 9.72. The van der Waals surface area contributed by atoms with Crippen LogP contribution in [0.3, 0.4) is 0 Å². The van der Waals surface area contributed by atoms with Crippen LogP contribution >= 0.6 is 12.4 Å². The largest absolute Gasteiger partial charge is 0.345 e. The molecule has 5 heteroatoms. The first-order valence-electron chi connectivity index (χ1n) is 8.01. The van der Waals surface area contributed by atoms with Gasteiger partial charge in [0.1, 0.15) is 0 Å². The maximum atomic E-state index is 12.5. The van der Waals surface area contributed by atoms with Gasteiger partial charge in [0.2, 0.25) is 5.91 Å². The van der Waals surface area contributed by atoms with E-state index in [1.807, 2.05) is 6.07 Å². The van der Waals surface area contributed by atoms with Crippen LogP contribution < -0.4 is 10.6 Å². The zero-order valence-electron chi connectivity index (χ0n) is 13.2. The van der Waals surface area contributed by atoms with Crippen molar-refractivity contribution in [1.82, 2.24) is 15.5 Å². The minimum atomic E-state index is -0.115. The Bertz CT molecular complexity index is 490. The molecule has 1 amide bonds. The summed E-state index contributed by atoms with van der Waals surface area (Å²) >= 11 is 0. The van der Waals surface area contributed by atoms with Crippen molar-refractivity contribution in [2.24, 2.45) is 0 Å². The normalized spacial score (nSPS) is 24.0. The van der Waals surface area contributed by atoms with Crippen molar-refractivity contribution < 1.29 is 4.79 Å². The number of hydrogen-bond donors (Lipinski definition) is 2. The number of amides is 1. The van der Waals surface area contributed by atoms with E-state index in [1.165, 1.54) is 12.0 Å². The van der Waals surface area contributed by atoms with Gasteiger partial charge in [-0.1, -0.05) is 30.3 Å². The molecule has 1 heterocycles. The van der Waals surface area contributed by atoms with Crippen LogP contribution in [0.25, 0.3) is 0 Å². The Balaban J connectivity index is 0.00000176. The molecular formula is C17H26ClN3O. The van der Waals surface area contributed by atoms with Gasteiger partial charge in [0.25, 0.3) is 0 Å². The second kappa shape index (κ2) is 7.44. The molecule has 1 saturated carbocycles. The Labute approximate surface area is 139 Å². The number of carbonyl (C=O) groups excluding carboxylic acids is 1. The molecular weight excluding hydrogens is 298 g/mol. The monoisotopic (exact) mass is 323 g/mol. The Morgan fingerprint density at radius 3 is 2.68 bits per heavy atom. The third kappa shape index (κ3) is 3.62. The minimum absolute atomic E-state index is 0. The molecule has 1 saturated heterocycles. The predicted octanol–water partition coefficient (Wildman–Crippen LogP) is 1.90. The molecule has 3 rings (SSSR count). The highest BCUT2D eigenvalue weighted by atomic mass is 35.5. The molecule has 0 spiro atoms. The number of halogens is 1. The SMILES string of the molecule is C[C@H]1CNCCN1CC(=O)NC1(c2ccccc2)CCC1.Cl. The van der Waals surface area contributed by atoms with Crippen LogP contribution in [0.5, 0.6) is 0 Å². The smallest absolute Gasteiger partial charge is 0.234 e. The molecule has 1 aliphatic heterocycles. The van der Waals surface area contributed by atoms with E-state index in [1.54, 1.807) is 0 Å². The van der Waals surface area contributed by atoms with Gasteiger partial charge in [-0.3, -0.25) is 9.69 Å². The Kier molecular flexibility index (Phi) is 5.84. The second-order valence-electron chi connectivity index (χ2n) is 6.37. The Hall–Kier alpha value is -1.10. The minimum Gasteiger partial charge on any atom is -0.345 e. The van der Waals surface area contributed by atoms with Crippen LogP contribution in [-0.2, 0) is 10.3 Å². The zero-order valence-corrected chi connectivity index (χ0v) is 14.0. The molecule has 1 aliphatic carbocycles. The van der Waals surface area contributed by atoms with Gasteiger partial charge in [0.05, 0.1) is 12.1 Å². The molecule has 2 aliphatic rings. The summed E-state index contributed by atoms with van der Waals surface area (Å²) in [4.78, 5) is 14.7. The third-order valence-corrected chi connectivity index (χ3v) is 4.90. The number of hydrogen-bond acceptors (Lipinski definition) is 3. The summed E-state index contributed by atoms with van der Waals surface area (Å²) in [6, 6.07) is 10.8. The third-order valence-electron chi connectivity index (χ3n) is 4.90. The summed E-state index contributed by atoms with van der Waals surface area (Å²) in [6.45, 7) is 5.58. The molecule has 0 aromatic heterocycles. The molecule has 1 aromatic carbocycles. The van der Waals surface area contributed by atoms with Gasteiger partial charge in [-0.25, -0.2) is 0 Å². The molecule has 0 bridgehead atoms. The van der Waals surface area contributed by atoms with Crippen LogP contribution in [0.15, 0.2) is 30.3 Å². The van der Waals surface area contributed by atoms with Gasteiger partial charge in [-0.05, 0) is 31.7 Å². The van der Waals surface area contributed by atoms with E-state index in [4.69, 9.17) is 0 Å². The number of piperazine rings is 1. The number of nitrogens with one attached hydrogen (secondary N) is 2. The van der Waals surface area contributed by atoms with Gasteiger partial charge in [-0.2, -0.15) is 0 Å². The number of carbonyl (C=O) groups is 1. The fourth-order valence-electron chi connectivity index (χ4n) is 3.38. The molecule has 1 aromatic rings. The van der Waals surface area contributed by atoms with Crippen molar-refractivity contribution in [2.75, 3.05) is 26.2 Å². The van der Waals surface area contributed by atoms with Gasteiger partial charge in [0, 0.05) is 25.7 Å². The molecule has 0 radical (unpaired) electrons. The van der Waals surface area contributed by atoms with Crippen LogP contribution in [0, 0.1) is 0 Å². The molecule has 2 N–H and O–H groups in total. The molecule has 1 atom stereocenters. The average molecular weight is 324 g/mol. The number of benzene rings is 1. The Morgan fingerprint density at radius 1 is 1.36 bits per heavy atom. The molecule has 0 unspecified atom stereocenters. The van der Waals surface area contributed by atoms with Crippen LogP contribution in [-0.4, -0.2) is 43.0 Å². The quantitative estimate of drug-likeness (QED) is 0.889. The van der Waals surface area contributed by atoms with E-state index in [9.17, 15) is 4.79 Å². The fraction of sp³-hybridized carbons (Fsp3) is 0.588. The number of rotatable bonds is 4. The van der Waals surface area contributed by atoms with Gasteiger partial charge in [0.15, 0.2) is 0 Å². The van der Waals surface area contributed by atoms with Crippen molar-refractivity contribution in [3.05, 3.63) is 35.9 Å². The van der Waals surface area contributed by atoms with Crippen molar-refractivity contribution in [2.45, 2.75) is 37.8 Å². The zero-order chi connectivity index (χ0) is 14.7. The molecule has 4 nitrogen and oxygen atoms in total. The lowest BCUT2D eigenvalue weighted by molar-refractivity contribution is -0.126. The summed E-state index contributed by atoms with van der Waals surface area (Å²) < 4.78 is 0. The van der Waals surface area contributed by atoms with Gasteiger partial charge < -0.3 is 10.6 Å². The van der Waals surface area contributed by atoms with E-state index >= 15 is 0 Å². The highest BCUT2D eigenvalue weighted by Crippen LogP contribution is 2.41. The predicted molar refractivity (Wildman–Crippen MR) is 91.3 cm³/mol. The lowest BCUT2D eigenvalue weighted by Crippen LogP contribution is -2.56. The van der Waals surface area contributed by atoms with E-state index in [2.05, 4.69) is 46.7 Å². The van der Waals surface area contributed by atoms with Crippen molar-refractivity contribution in [3.8, 4) is 0 Å². The first kappa shape index (κ1) is 17.3. The van der Waals surface area contributed by atoms with Crippen molar-refractivity contribution in [3.63, 3.8) is 0 Å². The first-order valence-corrected chi connectivity index (χ1v) is 8.01. The molecule has 2 fully saturated rings. The molecule has 122 valence electrons. The lowest BCUT2D eigenvalue weighted by Gasteiger charge is -2.44. The van der Waals surface area contributed by atoms with Crippen LogP contribution in [0.4, 0.5) is 0 Å². The van der Waals surface area contributed by atoms with Gasteiger partial charge >= 0.3 is 0 Å². The van der Waals surface area contributed by atoms with Crippen LogP contribution in [0.1, 0.15) is 31.7 Å². The van der Waals surface area contributed by atoms with E-state index in [-0.39, 0.29) is 23.9 Å². The van der Waals surface area contributed by atoms with E-state index in [0.29, 0.717) is 12.6 Å². The molecule has 22 heavy (non-hydrogen) atoms. The van der Waals surface area contributed by atoms with Gasteiger partial charge in [-0.15, -0.1) is 12.4 Å². The summed E-state index contributed by atoms with van der Waals surface area (Å²) in [5.74, 6) is 0.160. The summed E-state index contributed by atoms with van der Waals surface area (Å²) in [5.41, 5.74) is 1.13. The summed E-state index contributed by atoms with van der Waals surface area (Å²) in [6.07, 6.45) is 3.30. The Morgan fingerprint density at radius 2 is 2.09 bits per heavy atom. The van der Waals surface area contributed by atoms with E-state index in [0.717, 1.165) is 32.5 Å². The topological polar surface area (TPSA) is 44.4 Å². The fourth-order valence-corrected chi connectivity index (χ4v) is 3.38. The second-order valence-corrected chi connectivity index (χ2v) is 6.37. The highest BCUT2D eigenvalue weighted by molar-refractivity contribution is 5.85. The average Bonchev–Trinajstić information content (AvgIpc) is 2.46. The van der Waals surface area contributed by atoms with Crippen molar-refractivity contribution >= 4 is 18.3 Å². The van der Waals surface area contributed by atoms with E-state index < -0.39 is 0 Å². The summed E-state index contributed by atoms with van der Waals surface area (Å²) in [7, 11) is 0. The first-order chi connectivity index (χ1) is 10.2.